The van der Waals surface area contributed by atoms with Gasteiger partial charge in [-0.05, 0) is 37.3 Å². The van der Waals surface area contributed by atoms with Gasteiger partial charge in [0, 0.05) is 38.1 Å². The molecule has 0 spiro atoms. The highest BCUT2D eigenvalue weighted by Crippen LogP contribution is 2.25. The second kappa shape index (κ2) is 10.3. The topological polar surface area (TPSA) is 88.7 Å². The van der Waals surface area contributed by atoms with Crippen LogP contribution in [0.4, 0.5) is 5.69 Å². The van der Waals surface area contributed by atoms with Crippen LogP contribution in [0.5, 0.6) is 0 Å². The van der Waals surface area contributed by atoms with Gasteiger partial charge in [0.1, 0.15) is 6.04 Å². The Labute approximate surface area is 160 Å². The van der Waals surface area contributed by atoms with Gasteiger partial charge in [0.15, 0.2) is 6.29 Å². The quantitative estimate of drug-likeness (QED) is 0.455. The van der Waals surface area contributed by atoms with Crippen molar-refractivity contribution < 1.29 is 19.2 Å². The lowest BCUT2D eigenvalue weighted by atomic mass is 10.1. The van der Waals surface area contributed by atoms with Gasteiger partial charge in [-0.15, -0.1) is 0 Å². The molecule has 2 amide bonds. The van der Waals surface area contributed by atoms with E-state index in [1.807, 2.05) is 24.3 Å². The Bertz CT molecular complexity index is 606. The van der Waals surface area contributed by atoms with Gasteiger partial charge in [0.2, 0.25) is 11.8 Å². The van der Waals surface area contributed by atoms with Crippen molar-refractivity contribution in [3.63, 3.8) is 0 Å². The standard InChI is InChI=1S/C20H29N3O4/c24-18(23-27-19-11-5-7-13-26-19)10-2-1-6-12-21-20(25)17-14-15-8-3-4-9-16(15)22-17/h3-4,8-9,17,19,22H,1-2,5-7,10-14H2,(H,21,25)(H,23,24). The van der Waals surface area contributed by atoms with E-state index in [0.29, 0.717) is 19.6 Å². The lowest BCUT2D eigenvalue weighted by Gasteiger charge is -2.22. The summed E-state index contributed by atoms with van der Waals surface area (Å²) < 4.78 is 5.39. The molecule has 1 saturated heterocycles. The van der Waals surface area contributed by atoms with Crippen LogP contribution >= 0.6 is 0 Å². The number of hydrogen-bond acceptors (Lipinski definition) is 5. The predicted octanol–water partition coefficient (Wildman–Crippen LogP) is 2.27. The van der Waals surface area contributed by atoms with Gasteiger partial charge in [-0.3, -0.25) is 9.59 Å². The van der Waals surface area contributed by atoms with Crippen LogP contribution in [0, 0.1) is 0 Å². The van der Waals surface area contributed by atoms with Gasteiger partial charge in [0.05, 0.1) is 0 Å². The van der Waals surface area contributed by atoms with Crippen molar-refractivity contribution in [2.75, 3.05) is 18.5 Å². The van der Waals surface area contributed by atoms with E-state index in [-0.39, 0.29) is 24.1 Å². The Morgan fingerprint density at radius 1 is 1.19 bits per heavy atom. The molecule has 2 atom stereocenters. The number of anilines is 1. The summed E-state index contributed by atoms with van der Waals surface area (Å²) in [5.74, 6) is -0.0917. The van der Waals surface area contributed by atoms with Crippen LogP contribution < -0.4 is 16.1 Å². The minimum absolute atomic E-state index is 0.0322. The molecule has 2 aliphatic heterocycles. The highest BCUT2D eigenvalue weighted by molar-refractivity contribution is 5.87. The summed E-state index contributed by atoms with van der Waals surface area (Å²) in [6.07, 6.45) is 6.27. The second-order valence-electron chi connectivity index (χ2n) is 7.10. The van der Waals surface area contributed by atoms with E-state index in [4.69, 9.17) is 9.57 Å². The van der Waals surface area contributed by atoms with Crippen LogP contribution in [0.3, 0.4) is 0 Å². The van der Waals surface area contributed by atoms with Crippen molar-refractivity contribution in [3.05, 3.63) is 29.8 Å². The van der Waals surface area contributed by atoms with Crippen molar-refractivity contribution in [1.82, 2.24) is 10.8 Å². The van der Waals surface area contributed by atoms with E-state index in [9.17, 15) is 9.59 Å². The predicted molar refractivity (Wildman–Crippen MR) is 102 cm³/mol. The largest absolute Gasteiger partial charge is 0.373 e. The second-order valence-corrected chi connectivity index (χ2v) is 7.10. The van der Waals surface area contributed by atoms with E-state index < -0.39 is 0 Å². The number of fused-ring (bicyclic) bond motifs is 1. The molecule has 0 radical (unpaired) electrons. The fourth-order valence-electron chi connectivity index (χ4n) is 3.36. The highest BCUT2D eigenvalue weighted by atomic mass is 16.8. The van der Waals surface area contributed by atoms with Gasteiger partial charge in [-0.1, -0.05) is 24.6 Å². The Morgan fingerprint density at radius 2 is 2.07 bits per heavy atom. The van der Waals surface area contributed by atoms with Crippen molar-refractivity contribution in [3.8, 4) is 0 Å². The lowest BCUT2D eigenvalue weighted by Crippen LogP contribution is -2.38. The highest BCUT2D eigenvalue weighted by Gasteiger charge is 2.25. The first-order valence-corrected chi connectivity index (χ1v) is 9.90. The number of nitrogens with one attached hydrogen (secondary N) is 3. The molecule has 0 aliphatic carbocycles. The van der Waals surface area contributed by atoms with Gasteiger partial charge in [0.25, 0.3) is 0 Å². The average molecular weight is 375 g/mol. The van der Waals surface area contributed by atoms with E-state index in [1.54, 1.807) is 0 Å². The Hall–Kier alpha value is -2.12. The molecule has 1 fully saturated rings. The molecule has 0 aromatic heterocycles. The van der Waals surface area contributed by atoms with Crippen LogP contribution in [-0.4, -0.2) is 37.3 Å². The summed E-state index contributed by atoms with van der Waals surface area (Å²) in [4.78, 5) is 29.2. The van der Waals surface area contributed by atoms with Crippen LogP contribution in [0.2, 0.25) is 0 Å². The summed E-state index contributed by atoms with van der Waals surface area (Å²) in [5.41, 5.74) is 4.70. The van der Waals surface area contributed by atoms with Crippen LogP contribution in [0.1, 0.15) is 50.5 Å². The normalized spacial score (nSPS) is 21.2. The summed E-state index contributed by atoms with van der Waals surface area (Å²) in [7, 11) is 0. The number of hydrogen-bond donors (Lipinski definition) is 3. The van der Waals surface area contributed by atoms with E-state index >= 15 is 0 Å². The maximum Gasteiger partial charge on any atom is 0.243 e. The summed E-state index contributed by atoms with van der Waals surface area (Å²) >= 11 is 0. The fourth-order valence-corrected chi connectivity index (χ4v) is 3.36. The molecule has 2 unspecified atom stereocenters. The van der Waals surface area contributed by atoms with Crippen LogP contribution in [0.25, 0.3) is 0 Å². The number of rotatable bonds is 9. The zero-order valence-electron chi connectivity index (χ0n) is 15.7. The van der Waals surface area contributed by atoms with Gasteiger partial charge in [-0.25, -0.2) is 10.3 Å². The molecular formula is C20H29N3O4. The third-order valence-electron chi connectivity index (χ3n) is 4.91. The van der Waals surface area contributed by atoms with E-state index in [2.05, 4.69) is 16.1 Å². The average Bonchev–Trinajstić information content (AvgIpc) is 3.14. The van der Waals surface area contributed by atoms with E-state index in [1.165, 1.54) is 5.56 Å². The van der Waals surface area contributed by atoms with Crippen molar-refractivity contribution in [1.29, 1.82) is 0 Å². The molecule has 2 aliphatic rings. The summed E-state index contributed by atoms with van der Waals surface area (Å²) in [6.45, 7) is 1.32. The monoisotopic (exact) mass is 375 g/mol. The molecule has 148 valence electrons. The third kappa shape index (κ3) is 6.22. The number of carbonyl (C=O) groups is 2. The third-order valence-corrected chi connectivity index (χ3v) is 4.91. The molecule has 7 nitrogen and oxygen atoms in total. The van der Waals surface area contributed by atoms with Crippen molar-refractivity contribution in [2.24, 2.45) is 0 Å². The smallest absolute Gasteiger partial charge is 0.243 e. The summed E-state index contributed by atoms with van der Waals surface area (Å²) in [6, 6.07) is 7.81. The SMILES string of the molecule is O=C(CCCCCNC(=O)C1Cc2ccccc2N1)NOC1CCCCO1. The summed E-state index contributed by atoms with van der Waals surface area (Å²) in [5, 5.41) is 6.23. The van der Waals surface area contributed by atoms with Crippen LogP contribution in [0.15, 0.2) is 24.3 Å². The Balaban J connectivity index is 1.19. The number of carbonyl (C=O) groups excluding carboxylic acids is 2. The number of amides is 2. The van der Waals surface area contributed by atoms with Crippen LogP contribution in [-0.2, 0) is 25.6 Å². The molecule has 1 aromatic rings. The first kappa shape index (κ1) is 19.6. The van der Waals surface area contributed by atoms with E-state index in [0.717, 1.165) is 50.6 Å². The van der Waals surface area contributed by atoms with Gasteiger partial charge < -0.3 is 15.4 Å². The first-order valence-electron chi connectivity index (χ1n) is 9.90. The number of benzene rings is 1. The maximum atomic E-state index is 12.2. The lowest BCUT2D eigenvalue weighted by molar-refractivity contribution is -0.200. The molecule has 2 heterocycles. The number of hydroxylamine groups is 1. The number of para-hydroxylation sites is 1. The maximum absolute atomic E-state index is 12.2. The number of unbranched alkanes of at least 4 members (excludes halogenated alkanes) is 2. The molecular weight excluding hydrogens is 346 g/mol. The zero-order chi connectivity index (χ0) is 18.9. The molecule has 0 bridgehead atoms. The minimum Gasteiger partial charge on any atom is -0.373 e. The molecule has 0 saturated carbocycles. The molecule has 1 aromatic carbocycles. The number of ether oxygens (including phenoxy) is 1. The van der Waals surface area contributed by atoms with Gasteiger partial charge in [-0.2, -0.15) is 0 Å². The minimum atomic E-state index is -0.312. The molecule has 7 heteroatoms. The fraction of sp³-hybridized carbons (Fsp3) is 0.600. The molecule has 3 rings (SSSR count). The Morgan fingerprint density at radius 3 is 2.89 bits per heavy atom. The molecule has 27 heavy (non-hydrogen) atoms. The van der Waals surface area contributed by atoms with Gasteiger partial charge >= 0.3 is 0 Å². The van der Waals surface area contributed by atoms with Crippen molar-refractivity contribution >= 4 is 17.5 Å². The Kier molecular flexibility index (Phi) is 7.47. The zero-order valence-corrected chi connectivity index (χ0v) is 15.7. The molecule has 3 N–H and O–H groups in total. The first-order chi connectivity index (χ1) is 13.2. The van der Waals surface area contributed by atoms with Crippen molar-refractivity contribution in [2.45, 2.75) is 63.7 Å².